The van der Waals surface area contributed by atoms with Crippen molar-refractivity contribution in [3.8, 4) is 0 Å². The Bertz CT molecular complexity index is 897. The van der Waals surface area contributed by atoms with Crippen LogP contribution in [0.15, 0.2) is 36.5 Å². The van der Waals surface area contributed by atoms with Gasteiger partial charge < -0.3 is 5.32 Å². The lowest BCUT2D eigenvalue weighted by Crippen LogP contribution is -2.20. The van der Waals surface area contributed by atoms with Gasteiger partial charge in [-0.15, -0.1) is 11.3 Å². The number of rotatable bonds is 7. The van der Waals surface area contributed by atoms with Gasteiger partial charge in [-0.3, -0.25) is 14.5 Å². The Morgan fingerprint density at radius 2 is 2.16 bits per heavy atom. The normalized spacial score (nSPS) is 10.8. The molecule has 3 rings (SSSR count). The maximum atomic E-state index is 12.3. The van der Waals surface area contributed by atoms with Gasteiger partial charge in [0, 0.05) is 23.9 Å². The number of amides is 1. The van der Waals surface area contributed by atoms with Crippen LogP contribution in [0.25, 0.3) is 0 Å². The van der Waals surface area contributed by atoms with Crippen LogP contribution in [0.1, 0.15) is 29.6 Å². The highest BCUT2D eigenvalue weighted by Gasteiger charge is 2.12. The standard InChI is InChI=1S/C17H19N5OS2/c1-2-6-14-20-21-17(24)22(14)11-15(23)19-16-18-10-13(25-16)9-12-7-4-3-5-8-12/h3-5,7-8,10H,2,6,9,11H2,1H3,(H,21,24)(H,18,19,23). The molecule has 130 valence electrons. The summed E-state index contributed by atoms with van der Waals surface area (Å²) in [7, 11) is 0. The molecule has 0 spiro atoms. The third-order valence-corrected chi connectivity index (χ3v) is 4.86. The molecular weight excluding hydrogens is 354 g/mol. The molecule has 0 aliphatic rings. The molecule has 1 aromatic carbocycles. The first-order chi connectivity index (χ1) is 12.2. The van der Waals surface area contributed by atoms with Crippen LogP contribution >= 0.6 is 23.6 Å². The van der Waals surface area contributed by atoms with Crippen molar-refractivity contribution in [3.63, 3.8) is 0 Å². The van der Waals surface area contributed by atoms with Crippen LogP contribution in [0.5, 0.6) is 0 Å². The van der Waals surface area contributed by atoms with Gasteiger partial charge in [-0.05, 0) is 24.2 Å². The van der Waals surface area contributed by atoms with E-state index in [1.807, 2.05) is 18.2 Å². The summed E-state index contributed by atoms with van der Waals surface area (Å²) in [6.07, 6.45) is 4.33. The molecule has 0 atom stereocenters. The third-order valence-electron chi connectivity index (χ3n) is 3.63. The van der Waals surface area contributed by atoms with Gasteiger partial charge in [0.05, 0.1) is 0 Å². The van der Waals surface area contributed by atoms with Crippen molar-refractivity contribution in [2.45, 2.75) is 32.7 Å². The van der Waals surface area contributed by atoms with Gasteiger partial charge in [0.15, 0.2) is 9.90 Å². The average molecular weight is 374 g/mol. The minimum Gasteiger partial charge on any atom is -0.300 e. The molecule has 1 amide bonds. The van der Waals surface area contributed by atoms with Gasteiger partial charge in [-0.2, -0.15) is 5.10 Å². The van der Waals surface area contributed by atoms with E-state index in [9.17, 15) is 4.79 Å². The average Bonchev–Trinajstić information content (AvgIpc) is 3.17. The van der Waals surface area contributed by atoms with E-state index in [1.54, 1.807) is 10.8 Å². The van der Waals surface area contributed by atoms with Crippen molar-refractivity contribution in [3.05, 3.63) is 57.6 Å². The Morgan fingerprint density at radius 1 is 1.36 bits per heavy atom. The topological polar surface area (TPSA) is 75.6 Å². The zero-order valence-corrected chi connectivity index (χ0v) is 15.5. The van der Waals surface area contributed by atoms with Crippen LogP contribution in [-0.2, 0) is 24.2 Å². The third kappa shape index (κ3) is 4.61. The monoisotopic (exact) mass is 373 g/mol. The maximum absolute atomic E-state index is 12.3. The van der Waals surface area contributed by atoms with Gasteiger partial charge in [-0.25, -0.2) is 4.98 Å². The molecule has 0 unspecified atom stereocenters. The molecule has 0 aliphatic heterocycles. The molecule has 2 heterocycles. The van der Waals surface area contributed by atoms with Crippen LogP contribution in [0.2, 0.25) is 0 Å². The fourth-order valence-electron chi connectivity index (χ4n) is 2.47. The Morgan fingerprint density at radius 3 is 2.92 bits per heavy atom. The van der Waals surface area contributed by atoms with Crippen molar-refractivity contribution in [1.82, 2.24) is 19.7 Å². The van der Waals surface area contributed by atoms with E-state index in [0.29, 0.717) is 9.90 Å². The molecule has 0 aliphatic carbocycles. The number of benzene rings is 1. The van der Waals surface area contributed by atoms with E-state index in [1.165, 1.54) is 16.9 Å². The minimum atomic E-state index is -0.157. The van der Waals surface area contributed by atoms with Crippen molar-refractivity contribution in [1.29, 1.82) is 0 Å². The molecule has 2 aromatic heterocycles. The lowest BCUT2D eigenvalue weighted by Gasteiger charge is -2.05. The number of aromatic nitrogens is 4. The first-order valence-corrected chi connectivity index (χ1v) is 9.30. The molecule has 8 heteroatoms. The molecule has 25 heavy (non-hydrogen) atoms. The van der Waals surface area contributed by atoms with Crippen molar-refractivity contribution < 1.29 is 4.79 Å². The summed E-state index contributed by atoms with van der Waals surface area (Å²) in [5.41, 5.74) is 1.22. The minimum absolute atomic E-state index is 0.137. The number of aryl methyl sites for hydroxylation is 1. The van der Waals surface area contributed by atoms with E-state index in [4.69, 9.17) is 12.2 Å². The molecular formula is C17H19N5OS2. The number of hydrogen-bond donors (Lipinski definition) is 2. The number of carbonyl (C=O) groups excluding carboxylic acids is 1. The molecule has 0 saturated heterocycles. The highest BCUT2D eigenvalue weighted by molar-refractivity contribution is 7.71. The summed E-state index contributed by atoms with van der Waals surface area (Å²) in [5, 5.41) is 10.4. The Kier molecular flexibility index (Phi) is 5.72. The number of anilines is 1. The van der Waals surface area contributed by atoms with Crippen molar-refractivity contribution in [2.24, 2.45) is 0 Å². The number of aromatic amines is 1. The SMILES string of the molecule is CCCc1n[nH]c(=S)n1CC(=O)Nc1ncc(Cc2ccccc2)s1. The number of carbonyl (C=O) groups is 1. The molecule has 0 bridgehead atoms. The van der Waals surface area contributed by atoms with E-state index in [-0.39, 0.29) is 12.5 Å². The second-order valence-electron chi connectivity index (χ2n) is 5.62. The summed E-state index contributed by atoms with van der Waals surface area (Å²) in [6.45, 7) is 2.20. The summed E-state index contributed by atoms with van der Waals surface area (Å²) in [5.74, 6) is 0.641. The largest absolute Gasteiger partial charge is 0.300 e. The summed E-state index contributed by atoms with van der Waals surface area (Å²) in [4.78, 5) is 17.7. The van der Waals surface area contributed by atoms with Gasteiger partial charge in [0.1, 0.15) is 12.4 Å². The Labute approximate surface area is 154 Å². The summed E-state index contributed by atoms with van der Waals surface area (Å²) < 4.78 is 2.19. The Hall–Kier alpha value is -2.32. The number of thiazole rings is 1. The van der Waals surface area contributed by atoms with Gasteiger partial charge >= 0.3 is 0 Å². The fourth-order valence-corrected chi connectivity index (χ4v) is 3.55. The van der Waals surface area contributed by atoms with Crippen molar-refractivity contribution >= 4 is 34.6 Å². The van der Waals surface area contributed by atoms with Crippen LogP contribution in [0.3, 0.4) is 0 Å². The number of nitrogens with one attached hydrogen (secondary N) is 2. The lowest BCUT2D eigenvalue weighted by molar-refractivity contribution is -0.116. The molecule has 3 aromatic rings. The second kappa shape index (κ2) is 8.17. The van der Waals surface area contributed by atoms with Crippen molar-refractivity contribution in [2.75, 3.05) is 5.32 Å². The molecule has 6 nitrogen and oxygen atoms in total. The van der Waals surface area contributed by atoms with E-state index >= 15 is 0 Å². The highest BCUT2D eigenvalue weighted by Crippen LogP contribution is 2.21. The highest BCUT2D eigenvalue weighted by atomic mass is 32.1. The van der Waals surface area contributed by atoms with Gasteiger partial charge in [0.2, 0.25) is 5.91 Å². The predicted octanol–water partition coefficient (Wildman–Crippen LogP) is 3.58. The number of nitrogens with zero attached hydrogens (tertiary/aromatic N) is 3. The number of hydrogen-bond acceptors (Lipinski definition) is 5. The number of H-pyrrole nitrogens is 1. The molecule has 0 saturated carbocycles. The zero-order valence-electron chi connectivity index (χ0n) is 13.9. The van der Waals surface area contributed by atoms with E-state index < -0.39 is 0 Å². The van der Waals surface area contributed by atoms with Crippen LogP contribution in [0, 0.1) is 4.77 Å². The summed E-state index contributed by atoms with van der Waals surface area (Å²) in [6, 6.07) is 10.2. The second-order valence-corrected chi connectivity index (χ2v) is 7.13. The predicted molar refractivity (Wildman–Crippen MR) is 101 cm³/mol. The smallest absolute Gasteiger partial charge is 0.246 e. The zero-order chi connectivity index (χ0) is 17.6. The quantitative estimate of drug-likeness (QED) is 0.621. The lowest BCUT2D eigenvalue weighted by atomic mass is 10.1. The van der Waals surface area contributed by atoms with Crippen LogP contribution < -0.4 is 5.32 Å². The maximum Gasteiger partial charge on any atom is 0.246 e. The fraction of sp³-hybridized carbons (Fsp3) is 0.294. The Balaban J connectivity index is 1.62. The first-order valence-electron chi connectivity index (χ1n) is 8.08. The molecule has 2 N–H and O–H groups in total. The molecule has 0 radical (unpaired) electrons. The van der Waals surface area contributed by atoms with Gasteiger partial charge in [-0.1, -0.05) is 37.3 Å². The molecule has 0 fully saturated rings. The van der Waals surface area contributed by atoms with Crippen LogP contribution in [0.4, 0.5) is 5.13 Å². The van der Waals surface area contributed by atoms with E-state index in [0.717, 1.165) is 30.0 Å². The van der Waals surface area contributed by atoms with E-state index in [2.05, 4.69) is 39.6 Å². The summed E-state index contributed by atoms with van der Waals surface area (Å²) >= 11 is 6.68. The first kappa shape index (κ1) is 17.5. The van der Waals surface area contributed by atoms with Crippen LogP contribution in [-0.4, -0.2) is 25.7 Å². The van der Waals surface area contributed by atoms with Gasteiger partial charge in [0.25, 0.3) is 0 Å².